The molecular formula is C16H17BrN2O2S. The van der Waals surface area contributed by atoms with E-state index in [0.717, 1.165) is 15.1 Å². The Kier molecular flexibility index (Phi) is 5.85. The van der Waals surface area contributed by atoms with Crippen molar-refractivity contribution in [2.75, 3.05) is 0 Å². The number of furan rings is 1. The van der Waals surface area contributed by atoms with E-state index in [0.29, 0.717) is 5.76 Å². The summed E-state index contributed by atoms with van der Waals surface area (Å²) in [4.78, 5) is 13.0. The summed E-state index contributed by atoms with van der Waals surface area (Å²) < 4.78 is 6.29. The number of amides is 1. The number of thioether (sulfide) groups is 1. The van der Waals surface area contributed by atoms with Crippen molar-refractivity contribution >= 4 is 39.8 Å². The number of hydrogen-bond donors (Lipinski definition) is 1. The van der Waals surface area contributed by atoms with Crippen LogP contribution in [0.3, 0.4) is 0 Å². The molecule has 1 amide bonds. The summed E-state index contributed by atoms with van der Waals surface area (Å²) in [6.07, 6.45) is 1.49. The third-order valence-electron chi connectivity index (χ3n) is 2.95. The lowest BCUT2D eigenvalue weighted by Gasteiger charge is -2.09. The monoisotopic (exact) mass is 380 g/mol. The van der Waals surface area contributed by atoms with Gasteiger partial charge in [0, 0.05) is 11.0 Å². The Hall–Kier alpha value is -1.53. The van der Waals surface area contributed by atoms with Crippen molar-refractivity contribution < 1.29 is 9.21 Å². The van der Waals surface area contributed by atoms with Crippen LogP contribution < -0.4 is 5.43 Å². The summed E-state index contributed by atoms with van der Waals surface area (Å²) in [5, 5.41) is 3.69. The minimum Gasteiger partial charge on any atom is -0.459 e. The lowest BCUT2D eigenvalue weighted by Crippen LogP contribution is -2.26. The Balaban J connectivity index is 1.87. The Bertz CT molecular complexity index is 660. The number of hydrazone groups is 1. The number of carbonyl (C=O) groups excluding carboxylic acids is 1. The minimum atomic E-state index is -0.232. The number of carbonyl (C=O) groups is 1. The molecule has 22 heavy (non-hydrogen) atoms. The van der Waals surface area contributed by atoms with E-state index in [4.69, 9.17) is 4.42 Å². The first-order valence-corrected chi connectivity index (χ1v) is 8.45. The normalized spacial score (nSPS) is 12.5. The van der Waals surface area contributed by atoms with Gasteiger partial charge in [0.25, 0.3) is 5.91 Å². The zero-order valence-corrected chi connectivity index (χ0v) is 15.0. The molecule has 4 nitrogen and oxygen atoms in total. The van der Waals surface area contributed by atoms with Crippen LogP contribution in [0.25, 0.3) is 0 Å². The van der Waals surface area contributed by atoms with Crippen LogP contribution in [-0.4, -0.2) is 17.4 Å². The van der Waals surface area contributed by atoms with Gasteiger partial charge in [0.05, 0.1) is 15.9 Å². The van der Waals surface area contributed by atoms with Crippen LogP contribution >= 0.6 is 27.7 Å². The lowest BCUT2D eigenvalue weighted by molar-refractivity contribution is -0.120. The first-order valence-electron chi connectivity index (χ1n) is 6.78. The van der Waals surface area contributed by atoms with E-state index in [1.807, 2.05) is 45.0 Å². The molecule has 116 valence electrons. The SMILES string of the molecule is Cc1ccc(S[C@H](C)C(=O)N/N=C\c2cc(Br)c(C)o2)cc1. The fourth-order valence-electron chi connectivity index (χ4n) is 1.67. The maximum atomic E-state index is 12.0. The molecule has 1 N–H and O–H groups in total. The highest BCUT2D eigenvalue weighted by Crippen LogP contribution is 2.23. The Morgan fingerprint density at radius 2 is 2.05 bits per heavy atom. The topological polar surface area (TPSA) is 54.6 Å². The van der Waals surface area contributed by atoms with E-state index in [2.05, 4.69) is 26.5 Å². The van der Waals surface area contributed by atoms with Crippen molar-refractivity contribution in [2.24, 2.45) is 5.10 Å². The smallest absolute Gasteiger partial charge is 0.253 e. The van der Waals surface area contributed by atoms with Crippen molar-refractivity contribution in [2.45, 2.75) is 30.9 Å². The van der Waals surface area contributed by atoms with Gasteiger partial charge in [0.15, 0.2) is 0 Å². The third kappa shape index (κ3) is 4.74. The molecule has 1 heterocycles. The van der Waals surface area contributed by atoms with Gasteiger partial charge >= 0.3 is 0 Å². The molecule has 6 heteroatoms. The molecule has 0 bridgehead atoms. The van der Waals surface area contributed by atoms with Crippen molar-refractivity contribution in [1.29, 1.82) is 0 Å². The van der Waals surface area contributed by atoms with Gasteiger partial charge in [-0.25, -0.2) is 5.43 Å². The highest BCUT2D eigenvalue weighted by atomic mass is 79.9. The molecule has 0 aliphatic rings. The van der Waals surface area contributed by atoms with Gasteiger partial charge in [-0.1, -0.05) is 17.7 Å². The van der Waals surface area contributed by atoms with E-state index in [1.165, 1.54) is 23.5 Å². The molecule has 0 radical (unpaired) electrons. The van der Waals surface area contributed by atoms with Crippen LogP contribution in [0.2, 0.25) is 0 Å². The summed E-state index contributed by atoms with van der Waals surface area (Å²) >= 11 is 4.85. The molecule has 0 fully saturated rings. The van der Waals surface area contributed by atoms with Gasteiger partial charge in [-0.05, 0) is 48.8 Å². The number of halogens is 1. The van der Waals surface area contributed by atoms with Gasteiger partial charge in [-0.3, -0.25) is 4.79 Å². The number of rotatable bonds is 5. The summed E-state index contributed by atoms with van der Waals surface area (Å²) in [6.45, 7) is 5.73. The molecule has 0 aliphatic heterocycles. The predicted molar refractivity (Wildman–Crippen MR) is 93.4 cm³/mol. The summed E-state index contributed by atoms with van der Waals surface area (Å²) in [7, 11) is 0. The second-order valence-corrected chi connectivity index (χ2v) is 7.13. The minimum absolute atomic E-state index is 0.149. The van der Waals surface area contributed by atoms with Crippen LogP contribution in [-0.2, 0) is 4.79 Å². The number of nitrogens with one attached hydrogen (secondary N) is 1. The fraction of sp³-hybridized carbons (Fsp3) is 0.250. The van der Waals surface area contributed by atoms with Gasteiger partial charge in [0.2, 0.25) is 0 Å². The molecular weight excluding hydrogens is 364 g/mol. The zero-order chi connectivity index (χ0) is 16.1. The van der Waals surface area contributed by atoms with E-state index in [9.17, 15) is 4.79 Å². The Morgan fingerprint density at radius 1 is 1.36 bits per heavy atom. The fourth-order valence-corrected chi connectivity index (χ4v) is 2.84. The third-order valence-corrected chi connectivity index (χ3v) is 4.85. The molecule has 2 rings (SSSR count). The molecule has 1 aromatic heterocycles. The van der Waals surface area contributed by atoms with Crippen molar-refractivity contribution in [3.8, 4) is 0 Å². The van der Waals surface area contributed by atoms with Crippen molar-refractivity contribution in [1.82, 2.24) is 5.43 Å². The average Bonchev–Trinajstić information content (AvgIpc) is 2.80. The van der Waals surface area contributed by atoms with Gasteiger partial charge in [-0.2, -0.15) is 5.10 Å². The summed E-state index contributed by atoms with van der Waals surface area (Å²) in [5.41, 5.74) is 3.73. The number of aryl methyl sites for hydroxylation is 2. The van der Waals surface area contributed by atoms with Crippen LogP contribution in [0, 0.1) is 13.8 Å². The second kappa shape index (κ2) is 7.65. The molecule has 0 saturated heterocycles. The molecule has 1 atom stereocenters. The molecule has 0 aliphatic carbocycles. The van der Waals surface area contributed by atoms with Crippen molar-refractivity contribution in [3.05, 3.63) is 51.9 Å². The van der Waals surface area contributed by atoms with Crippen LogP contribution in [0.5, 0.6) is 0 Å². The number of benzene rings is 1. The van der Waals surface area contributed by atoms with E-state index < -0.39 is 0 Å². The first kappa shape index (κ1) is 16.8. The number of nitrogens with zero attached hydrogens (tertiary/aromatic N) is 1. The number of hydrogen-bond acceptors (Lipinski definition) is 4. The van der Waals surface area contributed by atoms with Gasteiger partial charge < -0.3 is 4.42 Å². The molecule has 1 aromatic carbocycles. The summed E-state index contributed by atoms with van der Waals surface area (Å²) in [5.74, 6) is 1.21. The molecule has 0 spiro atoms. The maximum absolute atomic E-state index is 12.0. The van der Waals surface area contributed by atoms with E-state index in [1.54, 1.807) is 6.07 Å². The Labute approximate surface area is 142 Å². The average molecular weight is 381 g/mol. The lowest BCUT2D eigenvalue weighted by atomic mass is 10.2. The quantitative estimate of drug-likeness (QED) is 0.478. The highest BCUT2D eigenvalue weighted by molar-refractivity contribution is 9.10. The van der Waals surface area contributed by atoms with Crippen LogP contribution in [0.15, 0.2) is 49.2 Å². The second-order valence-electron chi connectivity index (χ2n) is 4.86. The molecule has 0 unspecified atom stereocenters. The standard InChI is InChI=1S/C16H17BrN2O2S/c1-10-4-6-14(7-5-10)22-12(3)16(20)19-18-9-13-8-15(17)11(2)21-13/h4-9,12H,1-3H3,(H,19,20)/b18-9-/t12-/m1/s1. The van der Waals surface area contributed by atoms with Gasteiger partial charge in [-0.15, -0.1) is 11.8 Å². The molecule has 0 saturated carbocycles. The van der Waals surface area contributed by atoms with Crippen molar-refractivity contribution in [3.63, 3.8) is 0 Å². The first-order chi connectivity index (χ1) is 10.5. The predicted octanol–water partition coefficient (Wildman–Crippen LogP) is 4.29. The van der Waals surface area contributed by atoms with E-state index >= 15 is 0 Å². The van der Waals surface area contributed by atoms with Crippen LogP contribution in [0.4, 0.5) is 0 Å². The highest BCUT2D eigenvalue weighted by Gasteiger charge is 2.13. The zero-order valence-electron chi connectivity index (χ0n) is 12.6. The summed E-state index contributed by atoms with van der Waals surface area (Å²) in [6, 6.07) is 9.88. The van der Waals surface area contributed by atoms with Gasteiger partial charge in [0.1, 0.15) is 11.5 Å². The van der Waals surface area contributed by atoms with Crippen LogP contribution in [0.1, 0.15) is 24.0 Å². The maximum Gasteiger partial charge on any atom is 0.253 e. The Morgan fingerprint density at radius 3 is 2.64 bits per heavy atom. The molecule has 2 aromatic rings. The largest absolute Gasteiger partial charge is 0.459 e. The van der Waals surface area contributed by atoms with E-state index in [-0.39, 0.29) is 11.2 Å².